The molecule has 1 saturated heterocycles. The lowest BCUT2D eigenvalue weighted by Crippen LogP contribution is -2.48. The van der Waals surface area contributed by atoms with Gasteiger partial charge in [-0.15, -0.1) is 11.8 Å². The predicted octanol–water partition coefficient (Wildman–Crippen LogP) is 3.55. The predicted molar refractivity (Wildman–Crippen MR) is 91.6 cm³/mol. The van der Waals surface area contributed by atoms with Crippen molar-refractivity contribution >= 4 is 23.6 Å². The number of hydrogen-bond acceptors (Lipinski definition) is 4. The van der Waals surface area contributed by atoms with Crippen molar-refractivity contribution in [2.75, 3.05) is 12.4 Å². The normalized spacial score (nSPS) is 22.5. The Bertz CT molecular complexity index is 401. The molecule has 0 aromatic rings. The van der Waals surface area contributed by atoms with Gasteiger partial charge in [0.15, 0.2) is 0 Å². The number of rotatable bonds is 5. The molecular formula is C17H31NO3S. The van der Waals surface area contributed by atoms with E-state index in [0.29, 0.717) is 30.6 Å². The van der Waals surface area contributed by atoms with Crippen LogP contribution in [0.25, 0.3) is 0 Å². The molecule has 128 valence electrons. The molecule has 1 aliphatic heterocycles. The lowest BCUT2D eigenvalue weighted by molar-refractivity contribution is -0.156. The van der Waals surface area contributed by atoms with E-state index in [2.05, 4.69) is 13.8 Å². The first-order valence-electron chi connectivity index (χ1n) is 8.12. The van der Waals surface area contributed by atoms with Gasteiger partial charge in [-0.1, -0.05) is 48.5 Å². The van der Waals surface area contributed by atoms with Crippen molar-refractivity contribution in [3.8, 4) is 0 Å². The van der Waals surface area contributed by atoms with E-state index >= 15 is 0 Å². The van der Waals surface area contributed by atoms with Crippen molar-refractivity contribution in [1.29, 1.82) is 0 Å². The zero-order valence-corrected chi connectivity index (χ0v) is 15.8. The van der Waals surface area contributed by atoms with Gasteiger partial charge in [-0.25, -0.2) is 4.79 Å². The smallest absolute Gasteiger partial charge is 0.329 e. The Labute approximate surface area is 139 Å². The maximum absolute atomic E-state index is 12.7. The molecule has 4 nitrogen and oxygen atoms in total. The zero-order valence-electron chi connectivity index (χ0n) is 15.0. The van der Waals surface area contributed by atoms with E-state index in [-0.39, 0.29) is 22.7 Å². The van der Waals surface area contributed by atoms with Crippen LogP contribution in [0.1, 0.15) is 54.9 Å². The summed E-state index contributed by atoms with van der Waals surface area (Å²) in [5.41, 5.74) is -0.0851. The van der Waals surface area contributed by atoms with Crippen molar-refractivity contribution < 1.29 is 14.3 Å². The van der Waals surface area contributed by atoms with Crippen molar-refractivity contribution in [1.82, 2.24) is 4.90 Å². The Hall–Kier alpha value is -0.710. The molecule has 2 unspecified atom stereocenters. The standard InChI is InChI=1S/C17H31NO3S/c1-11(2)9-21-16(20)13-10-22-15(12(3)4)18(13)14(19)8-17(5,6)7/h11-13,15H,8-10H2,1-7H3. The monoisotopic (exact) mass is 329 g/mol. The summed E-state index contributed by atoms with van der Waals surface area (Å²) in [6.07, 6.45) is 0.449. The van der Waals surface area contributed by atoms with E-state index in [4.69, 9.17) is 4.74 Å². The fourth-order valence-electron chi connectivity index (χ4n) is 2.43. The molecule has 0 N–H and O–H groups in total. The van der Waals surface area contributed by atoms with E-state index < -0.39 is 6.04 Å². The lowest BCUT2D eigenvalue weighted by atomic mass is 9.91. The minimum absolute atomic E-state index is 0.0581. The second-order valence-electron chi connectivity index (χ2n) is 8.05. The Morgan fingerprint density at radius 3 is 2.27 bits per heavy atom. The van der Waals surface area contributed by atoms with Gasteiger partial charge >= 0.3 is 5.97 Å². The summed E-state index contributed by atoms with van der Waals surface area (Å²) in [5.74, 6) is 1.05. The summed E-state index contributed by atoms with van der Waals surface area (Å²) >= 11 is 1.69. The van der Waals surface area contributed by atoms with Gasteiger partial charge in [0.2, 0.25) is 5.91 Å². The molecule has 1 heterocycles. The quantitative estimate of drug-likeness (QED) is 0.724. The minimum atomic E-state index is -0.439. The van der Waals surface area contributed by atoms with Crippen LogP contribution in [-0.4, -0.2) is 40.6 Å². The minimum Gasteiger partial charge on any atom is -0.464 e. The molecule has 1 fully saturated rings. The largest absolute Gasteiger partial charge is 0.464 e. The maximum Gasteiger partial charge on any atom is 0.329 e. The number of nitrogens with zero attached hydrogens (tertiary/aromatic N) is 1. The number of ether oxygens (including phenoxy) is 1. The molecule has 0 aromatic heterocycles. The highest BCUT2D eigenvalue weighted by molar-refractivity contribution is 8.00. The van der Waals surface area contributed by atoms with Gasteiger partial charge in [0.25, 0.3) is 0 Å². The van der Waals surface area contributed by atoms with Crippen LogP contribution in [-0.2, 0) is 14.3 Å². The molecule has 0 saturated carbocycles. The number of carbonyl (C=O) groups excluding carboxylic acids is 2. The number of hydrogen-bond donors (Lipinski definition) is 0. The van der Waals surface area contributed by atoms with E-state index in [1.807, 2.05) is 34.6 Å². The summed E-state index contributed by atoms with van der Waals surface area (Å²) < 4.78 is 5.38. The topological polar surface area (TPSA) is 46.6 Å². The fourth-order valence-corrected chi connectivity index (χ4v) is 3.91. The fraction of sp³-hybridized carbons (Fsp3) is 0.882. The zero-order chi connectivity index (χ0) is 17.1. The molecule has 1 amide bonds. The second kappa shape index (κ2) is 7.71. The van der Waals surface area contributed by atoms with Gasteiger partial charge in [-0.2, -0.15) is 0 Å². The summed E-state index contributed by atoms with van der Waals surface area (Å²) in [4.78, 5) is 26.9. The van der Waals surface area contributed by atoms with Crippen molar-refractivity contribution in [3.63, 3.8) is 0 Å². The third-order valence-electron chi connectivity index (χ3n) is 3.41. The molecule has 1 rings (SSSR count). The number of amides is 1. The highest BCUT2D eigenvalue weighted by Crippen LogP contribution is 2.36. The van der Waals surface area contributed by atoms with Crippen molar-refractivity contribution in [3.05, 3.63) is 0 Å². The summed E-state index contributed by atoms with van der Waals surface area (Å²) in [7, 11) is 0. The van der Waals surface area contributed by atoms with Gasteiger partial charge in [0.05, 0.1) is 12.0 Å². The molecular weight excluding hydrogens is 298 g/mol. The second-order valence-corrected chi connectivity index (χ2v) is 9.20. The first kappa shape index (κ1) is 19.3. The van der Waals surface area contributed by atoms with Crippen LogP contribution in [0, 0.1) is 17.3 Å². The van der Waals surface area contributed by atoms with Gasteiger partial charge in [-0.05, 0) is 17.3 Å². The molecule has 2 atom stereocenters. The van der Waals surface area contributed by atoms with Crippen LogP contribution in [0.5, 0.6) is 0 Å². The Kier molecular flexibility index (Phi) is 6.78. The third kappa shape index (κ3) is 5.49. The van der Waals surface area contributed by atoms with E-state index in [1.165, 1.54) is 0 Å². The lowest BCUT2D eigenvalue weighted by Gasteiger charge is -2.32. The average molecular weight is 330 g/mol. The number of carbonyl (C=O) groups is 2. The molecule has 0 bridgehead atoms. The summed E-state index contributed by atoms with van der Waals surface area (Å²) in [6.45, 7) is 14.8. The molecule has 22 heavy (non-hydrogen) atoms. The summed E-state index contributed by atoms with van der Waals surface area (Å²) in [6, 6.07) is -0.439. The van der Waals surface area contributed by atoms with Crippen LogP contribution in [0.3, 0.4) is 0 Å². The Morgan fingerprint density at radius 2 is 1.82 bits per heavy atom. The first-order chi connectivity index (χ1) is 10.0. The van der Waals surface area contributed by atoms with Gasteiger partial charge in [-0.3, -0.25) is 4.79 Å². The van der Waals surface area contributed by atoms with Crippen LogP contribution in [0.2, 0.25) is 0 Å². The Balaban J connectivity index is 2.86. The van der Waals surface area contributed by atoms with Gasteiger partial charge < -0.3 is 9.64 Å². The Morgan fingerprint density at radius 1 is 1.23 bits per heavy atom. The molecule has 5 heteroatoms. The highest BCUT2D eigenvalue weighted by atomic mass is 32.2. The van der Waals surface area contributed by atoms with Crippen LogP contribution in [0.15, 0.2) is 0 Å². The third-order valence-corrected chi connectivity index (χ3v) is 5.03. The molecule has 0 spiro atoms. The van der Waals surface area contributed by atoms with Crippen molar-refractivity contribution in [2.24, 2.45) is 17.3 Å². The number of esters is 1. The van der Waals surface area contributed by atoms with E-state index in [1.54, 1.807) is 16.7 Å². The number of thioether (sulfide) groups is 1. The van der Waals surface area contributed by atoms with Crippen LogP contribution >= 0.6 is 11.8 Å². The van der Waals surface area contributed by atoms with Crippen molar-refractivity contribution in [2.45, 2.75) is 66.3 Å². The van der Waals surface area contributed by atoms with Crippen LogP contribution in [0.4, 0.5) is 0 Å². The maximum atomic E-state index is 12.7. The summed E-state index contributed by atoms with van der Waals surface area (Å²) in [5, 5.41) is 0.0615. The van der Waals surface area contributed by atoms with Gasteiger partial charge in [0, 0.05) is 12.2 Å². The average Bonchev–Trinajstić information content (AvgIpc) is 2.78. The van der Waals surface area contributed by atoms with Crippen LogP contribution < -0.4 is 0 Å². The van der Waals surface area contributed by atoms with E-state index in [0.717, 1.165) is 0 Å². The highest BCUT2D eigenvalue weighted by Gasteiger charge is 2.44. The molecule has 0 aliphatic carbocycles. The molecule has 0 radical (unpaired) electrons. The van der Waals surface area contributed by atoms with Gasteiger partial charge in [0.1, 0.15) is 6.04 Å². The van der Waals surface area contributed by atoms with E-state index in [9.17, 15) is 9.59 Å². The molecule has 1 aliphatic rings. The molecule has 0 aromatic carbocycles. The SMILES string of the molecule is CC(C)COC(=O)C1CSC(C(C)C)N1C(=O)CC(C)(C)C. The first-order valence-corrected chi connectivity index (χ1v) is 9.17.